The second kappa shape index (κ2) is 7.48. The van der Waals surface area contributed by atoms with Crippen molar-refractivity contribution in [1.82, 2.24) is 9.55 Å². The monoisotopic (exact) mass is 422 g/mol. The molecule has 4 atom stereocenters. The van der Waals surface area contributed by atoms with Crippen LogP contribution in [0.5, 0.6) is 0 Å². The smallest absolute Gasteiger partial charge is 0.330 e. The van der Waals surface area contributed by atoms with Crippen LogP contribution in [-0.2, 0) is 23.8 Å². The first-order valence-electron chi connectivity index (χ1n) is 7.20. The van der Waals surface area contributed by atoms with Crippen LogP contribution in [0.15, 0.2) is 21.9 Å². The van der Waals surface area contributed by atoms with E-state index < -0.39 is 59.2 Å². The summed E-state index contributed by atoms with van der Waals surface area (Å²) in [5.41, 5.74) is -3.20. The summed E-state index contributed by atoms with van der Waals surface area (Å²) in [5.74, 6) is -1.37. The normalized spacial score (nSPS) is 28.6. The van der Waals surface area contributed by atoms with Crippen LogP contribution in [0.25, 0.3) is 0 Å². The lowest BCUT2D eigenvalue weighted by Gasteiger charge is -2.30. The number of alkyl halides is 2. The zero-order chi connectivity index (χ0) is 18.8. The second-order valence-electron chi connectivity index (χ2n) is 5.48. The van der Waals surface area contributed by atoms with Crippen molar-refractivity contribution >= 4 is 27.9 Å². The van der Waals surface area contributed by atoms with Gasteiger partial charge in [0, 0.05) is 26.1 Å². The molecule has 9 nitrogen and oxygen atoms in total. The van der Waals surface area contributed by atoms with Crippen molar-refractivity contribution in [3.8, 4) is 0 Å². The molecule has 0 amide bonds. The fourth-order valence-corrected chi connectivity index (χ4v) is 3.44. The molecule has 138 valence electrons. The number of nitrogens with one attached hydrogen (secondary N) is 1. The van der Waals surface area contributed by atoms with Gasteiger partial charge in [-0.25, -0.2) is 9.18 Å². The highest BCUT2D eigenvalue weighted by Gasteiger charge is 2.58. The number of nitrogens with zero attached hydrogens (tertiary/aromatic N) is 1. The topological polar surface area (TPSA) is 117 Å². The second-order valence-corrected chi connectivity index (χ2v) is 6.54. The molecule has 0 spiro atoms. The number of hydrogen-bond acceptors (Lipinski definition) is 7. The molecule has 1 N–H and O–H groups in total. The molecule has 1 aliphatic heterocycles. The highest BCUT2D eigenvalue weighted by Crippen LogP contribution is 2.43. The summed E-state index contributed by atoms with van der Waals surface area (Å²) >= 11 is 3.25. The molecule has 0 unspecified atom stereocenters. The molecule has 1 aromatic rings. The Balaban J connectivity index is 2.44. The van der Waals surface area contributed by atoms with Crippen molar-refractivity contribution in [2.45, 2.75) is 36.6 Å². The zero-order valence-electron chi connectivity index (χ0n) is 13.4. The van der Waals surface area contributed by atoms with Gasteiger partial charge in [0.2, 0.25) is 0 Å². The summed E-state index contributed by atoms with van der Waals surface area (Å²) in [5, 5.41) is 0. The first-order chi connectivity index (χ1) is 11.7. The Labute approximate surface area is 149 Å². The number of ether oxygens (including phenoxy) is 3. The van der Waals surface area contributed by atoms with Gasteiger partial charge in [-0.2, -0.15) is 0 Å². The Morgan fingerprint density at radius 3 is 2.60 bits per heavy atom. The fraction of sp³-hybridized carbons (Fsp3) is 0.571. The lowest BCUT2D eigenvalue weighted by molar-refractivity contribution is -0.179. The molecule has 1 saturated heterocycles. The van der Waals surface area contributed by atoms with Gasteiger partial charge in [-0.1, -0.05) is 15.9 Å². The lowest BCUT2D eigenvalue weighted by atomic mass is 9.99. The van der Waals surface area contributed by atoms with Gasteiger partial charge in [-0.05, 0) is 0 Å². The van der Waals surface area contributed by atoms with Crippen molar-refractivity contribution < 1.29 is 28.2 Å². The average Bonchev–Trinajstić information content (AvgIpc) is 2.79. The molecule has 0 radical (unpaired) electrons. The Morgan fingerprint density at radius 1 is 1.40 bits per heavy atom. The largest absolute Gasteiger partial charge is 0.463 e. The van der Waals surface area contributed by atoms with Crippen LogP contribution >= 0.6 is 15.9 Å². The van der Waals surface area contributed by atoms with Crippen molar-refractivity contribution in [2.75, 3.05) is 13.3 Å². The van der Waals surface area contributed by atoms with Crippen molar-refractivity contribution in [3.05, 3.63) is 33.1 Å². The number of rotatable bonds is 5. The number of halogens is 2. The SMILES string of the molecule is CC(=O)OC[C@@]1(CF)O[C@@H](n2ccc(=O)[nH]c2=O)[C@H](Br)[C@H]1OC(C)=O. The van der Waals surface area contributed by atoms with Crippen LogP contribution in [0.3, 0.4) is 0 Å². The molecule has 0 aliphatic carbocycles. The first-order valence-corrected chi connectivity index (χ1v) is 8.11. The highest BCUT2D eigenvalue weighted by molar-refractivity contribution is 9.09. The zero-order valence-corrected chi connectivity index (χ0v) is 14.9. The molecule has 0 aromatic carbocycles. The Kier molecular flexibility index (Phi) is 5.78. The summed E-state index contributed by atoms with van der Waals surface area (Å²) in [6.07, 6.45) is -1.12. The molecule has 0 bridgehead atoms. The maximum Gasteiger partial charge on any atom is 0.330 e. The van der Waals surface area contributed by atoms with Gasteiger partial charge in [0.25, 0.3) is 5.56 Å². The standard InChI is InChI=1S/C14H16BrFN2O7/c1-7(19)23-6-14(5-16)11(24-8(2)20)10(15)12(25-14)18-4-3-9(21)17-13(18)22/h3-4,10-12H,5-6H2,1-2H3,(H,17,21,22)/t10-,11-,12-,14-/m1/s1. The molecule has 1 fully saturated rings. The minimum atomic E-state index is -1.80. The quantitative estimate of drug-likeness (QED) is 0.525. The Bertz CT molecular complexity index is 779. The Hall–Kier alpha value is -2.01. The number of aromatic nitrogens is 2. The van der Waals surface area contributed by atoms with Crippen molar-refractivity contribution in [3.63, 3.8) is 0 Å². The van der Waals surface area contributed by atoms with Crippen LogP contribution in [-0.4, -0.2) is 51.3 Å². The van der Waals surface area contributed by atoms with Crippen molar-refractivity contribution in [1.29, 1.82) is 0 Å². The van der Waals surface area contributed by atoms with Gasteiger partial charge in [-0.15, -0.1) is 0 Å². The van der Waals surface area contributed by atoms with E-state index in [9.17, 15) is 23.6 Å². The number of H-pyrrole nitrogens is 1. The van der Waals surface area contributed by atoms with E-state index in [1.165, 1.54) is 6.20 Å². The van der Waals surface area contributed by atoms with Crippen LogP contribution in [0.1, 0.15) is 20.1 Å². The predicted octanol–water partition coefficient (Wildman–Crippen LogP) is 0.0320. The molecule has 2 heterocycles. The van der Waals surface area contributed by atoms with Gasteiger partial charge in [-0.3, -0.25) is 23.9 Å². The molecule has 11 heteroatoms. The van der Waals surface area contributed by atoms with Crippen LogP contribution in [0, 0.1) is 0 Å². The third-order valence-electron chi connectivity index (χ3n) is 3.60. The van der Waals surface area contributed by atoms with E-state index in [0.717, 1.165) is 24.5 Å². The van der Waals surface area contributed by atoms with Gasteiger partial charge >= 0.3 is 17.6 Å². The van der Waals surface area contributed by atoms with E-state index in [0.29, 0.717) is 0 Å². The molecular formula is C14H16BrFN2O7. The maximum atomic E-state index is 13.9. The summed E-state index contributed by atoms with van der Waals surface area (Å²) in [7, 11) is 0. The fourth-order valence-electron chi connectivity index (χ4n) is 2.49. The van der Waals surface area contributed by atoms with E-state index >= 15 is 0 Å². The Morgan fingerprint density at radius 2 is 2.08 bits per heavy atom. The van der Waals surface area contributed by atoms with E-state index in [-0.39, 0.29) is 0 Å². The minimum Gasteiger partial charge on any atom is -0.463 e. The van der Waals surface area contributed by atoms with Crippen LogP contribution in [0.4, 0.5) is 4.39 Å². The van der Waals surface area contributed by atoms with Crippen LogP contribution < -0.4 is 11.2 Å². The molecule has 0 saturated carbocycles. The van der Waals surface area contributed by atoms with Gasteiger partial charge in [0.1, 0.15) is 18.1 Å². The maximum absolute atomic E-state index is 13.9. The van der Waals surface area contributed by atoms with Gasteiger partial charge < -0.3 is 14.2 Å². The summed E-state index contributed by atoms with van der Waals surface area (Å²) in [4.78, 5) is 46.9. The first kappa shape index (κ1) is 19.3. The highest BCUT2D eigenvalue weighted by atomic mass is 79.9. The minimum absolute atomic E-state index is 0.520. The van der Waals surface area contributed by atoms with Gasteiger partial charge in [0.15, 0.2) is 17.9 Å². The average molecular weight is 423 g/mol. The van der Waals surface area contributed by atoms with Crippen molar-refractivity contribution in [2.24, 2.45) is 0 Å². The molecule has 1 aliphatic rings. The third kappa shape index (κ3) is 3.98. The molecular weight excluding hydrogens is 407 g/mol. The van der Waals surface area contributed by atoms with E-state index in [1.807, 2.05) is 0 Å². The number of carbonyl (C=O) groups excluding carboxylic acids is 2. The van der Waals surface area contributed by atoms with Crippen LogP contribution in [0.2, 0.25) is 0 Å². The molecule has 25 heavy (non-hydrogen) atoms. The lowest BCUT2D eigenvalue weighted by Crippen LogP contribution is -2.50. The van der Waals surface area contributed by atoms with E-state index in [4.69, 9.17) is 14.2 Å². The summed E-state index contributed by atoms with van der Waals surface area (Å²) < 4.78 is 30.5. The number of carbonyl (C=O) groups is 2. The predicted molar refractivity (Wildman–Crippen MR) is 85.1 cm³/mol. The third-order valence-corrected chi connectivity index (χ3v) is 4.53. The molecule has 2 rings (SSSR count). The summed E-state index contributed by atoms with van der Waals surface area (Å²) in [6, 6.07) is 1.09. The molecule has 1 aromatic heterocycles. The van der Waals surface area contributed by atoms with Gasteiger partial charge in [0.05, 0.1) is 0 Å². The summed E-state index contributed by atoms with van der Waals surface area (Å²) in [6.45, 7) is 0.605. The van der Waals surface area contributed by atoms with E-state index in [1.54, 1.807) is 0 Å². The number of hydrogen-bond donors (Lipinski definition) is 1. The van der Waals surface area contributed by atoms with E-state index in [2.05, 4.69) is 20.9 Å². The number of aromatic amines is 1. The number of esters is 2.